The molecule has 0 fully saturated rings. The van der Waals surface area contributed by atoms with Crippen molar-refractivity contribution >= 4 is 23.1 Å². The third-order valence-corrected chi connectivity index (χ3v) is 3.47. The average Bonchev–Trinajstić information content (AvgIpc) is 3.02. The van der Waals surface area contributed by atoms with Crippen LogP contribution < -0.4 is 15.6 Å². The first-order chi connectivity index (χ1) is 12.4. The first-order valence-corrected chi connectivity index (χ1v) is 8.10. The third-order valence-electron chi connectivity index (χ3n) is 3.47. The molecule has 0 saturated carbocycles. The molecule has 1 amide bonds. The Morgan fingerprint density at radius 2 is 2.27 bits per heavy atom. The summed E-state index contributed by atoms with van der Waals surface area (Å²) in [6.45, 7) is 9.06. The maximum absolute atomic E-state index is 12.6. The number of hydrogen-bond donors (Lipinski definition) is 1. The quantitative estimate of drug-likeness (QED) is 0.766. The Morgan fingerprint density at radius 1 is 1.54 bits per heavy atom. The van der Waals surface area contributed by atoms with Crippen LogP contribution >= 0.6 is 0 Å². The number of aliphatic imine (C=N–C) groups is 1. The van der Waals surface area contributed by atoms with E-state index in [2.05, 4.69) is 22.0 Å². The minimum atomic E-state index is -0.452. The number of amides is 1. The van der Waals surface area contributed by atoms with Crippen LogP contribution in [0.1, 0.15) is 32.4 Å². The number of nitrogens with zero attached hydrogens (tertiary/aromatic N) is 3. The molecule has 8 heteroatoms. The van der Waals surface area contributed by atoms with Crippen molar-refractivity contribution in [2.75, 3.05) is 7.11 Å². The molecule has 2 rings (SSSR count). The van der Waals surface area contributed by atoms with Crippen LogP contribution in [0.5, 0.6) is 5.95 Å². The number of carbonyl (C=O) groups is 1. The van der Waals surface area contributed by atoms with Crippen molar-refractivity contribution in [2.45, 2.75) is 33.2 Å². The topological polar surface area (TPSA) is 98.7 Å². The predicted molar refractivity (Wildman–Crippen MR) is 99.5 cm³/mol. The number of hydrogen-bond acceptors (Lipinski definition) is 6. The first kappa shape index (κ1) is 19.2. The maximum Gasteiger partial charge on any atom is 0.285 e. The molecule has 2 aromatic heterocycles. The lowest BCUT2D eigenvalue weighted by molar-refractivity contribution is -0.121. The summed E-state index contributed by atoms with van der Waals surface area (Å²) in [4.78, 5) is 28.7. The van der Waals surface area contributed by atoms with Gasteiger partial charge in [0.1, 0.15) is 18.1 Å². The van der Waals surface area contributed by atoms with E-state index in [1.54, 1.807) is 12.2 Å². The van der Waals surface area contributed by atoms with Gasteiger partial charge >= 0.3 is 0 Å². The Bertz CT molecular complexity index is 935. The van der Waals surface area contributed by atoms with Crippen molar-refractivity contribution in [3.8, 4) is 5.95 Å². The van der Waals surface area contributed by atoms with E-state index in [1.165, 1.54) is 19.4 Å². The summed E-state index contributed by atoms with van der Waals surface area (Å²) in [6.07, 6.45) is 5.01. The fraction of sp³-hybridized carbons (Fsp3) is 0.333. The summed E-state index contributed by atoms with van der Waals surface area (Å²) in [6, 6.07) is 1.50. The van der Waals surface area contributed by atoms with Gasteiger partial charge in [0, 0.05) is 18.2 Å². The van der Waals surface area contributed by atoms with Gasteiger partial charge in [-0.05, 0) is 13.0 Å². The second kappa shape index (κ2) is 8.28. The maximum atomic E-state index is 12.6. The highest BCUT2D eigenvalue weighted by atomic mass is 16.6. The summed E-state index contributed by atoms with van der Waals surface area (Å²) >= 11 is 0. The van der Waals surface area contributed by atoms with Gasteiger partial charge in [-0.2, -0.15) is 5.10 Å². The molecule has 0 aromatic carbocycles. The van der Waals surface area contributed by atoms with Crippen LogP contribution in [0.3, 0.4) is 0 Å². The molecule has 0 spiro atoms. The highest BCUT2D eigenvalue weighted by Crippen LogP contribution is 2.27. The van der Waals surface area contributed by atoms with Crippen molar-refractivity contribution in [3.63, 3.8) is 0 Å². The van der Waals surface area contributed by atoms with Crippen LogP contribution in [0.25, 0.3) is 11.0 Å². The molecule has 2 heterocycles. The molecule has 0 atom stereocenters. The smallest absolute Gasteiger partial charge is 0.285 e. The lowest BCUT2D eigenvalue weighted by Gasteiger charge is -2.10. The lowest BCUT2D eigenvalue weighted by atomic mass is 10.1. The van der Waals surface area contributed by atoms with Gasteiger partial charge in [-0.25, -0.2) is 9.67 Å². The molecule has 0 bridgehead atoms. The zero-order valence-corrected chi connectivity index (χ0v) is 15.3. The summed E-state index contributed by atoms with van der Waals surface area (Å²) in [5.41, 5.74) is 0.508. The zero-order valence-electron chi connectivity index (χ0n) is 15.3. The van der Waals surface area contributed by atoms with Crippen LogP contribution in [-0.4, -0.2) is 29.0 Å². The number of furan rings is 1. The number of aromatic nitrogens is 2. The number of ether oxygens (including phenoxy) is 1. The molecule has 0 radical (unpaired) electrons. The molecule has 138 valence electrons. The lowest BCUT2D eigenvalue weighted by Crippen LogP contribution is -2.33. The van der Waals surface area contributed by atoms with Crippen molar-refractivity contribution < 1.29 is 13.9 Å². The SMILES string of the molecule is C=C(/N=C\C=C/C)NC(=O)Cn1nc(C(C)C)c2oc(OC)cc2c1=O. The number of nitrogens with one attached hydrogen (secondary N) is 1. The van der Waals surface area contributed by atoms with Gasteiger partial charge in [0.25, 0.3) is 11.5 Å². The van der Waals surface area contributed by atoms with Gasteiger partial charge in [-0.15, -0.1) is 0 Å². The van der Waals surface area contributed by atoms with E-state index < -0.39 is 11.5 Å². The van der Waals surface area contributed by atoms with Crippen LogP contribution in [0.2, 0.25) is 0 Å². The fourth-order valence-corrected chi connectivity index (χ4v) is 2.25. The summed E-state index contributed by atoms with van der Waals surface area (Å²) in [5, 5.41) is 7.12. The van der Waals surface area contributed by atoms with Gasteiger partial charge in [0.2, 0.25) is 5.91 Å². The van der Waals surface area contributed by atoms with E-state index in [9.17, 15) is 9.59 Å². The van der Waals surface area contributed by atoms with E-state index in [-0.39, 0.29) is 24.2 Å². The van der Waals surface area contributed by atoms with Gasteiger partial charge in [0.15, 0.2) is 5.58 Å². The molecule has 0 aliphatic heterocycles. The molecule has 1 N–H and O–H groups in total. The second-order valence-electron chi connectivity index (χ2n) is 5.81. The largest absolute Gasteiger partial charge is 0.468 e. The Balaban J connectivity index is 2.32. The Kier molecular flexibility index (Phi) is 6.11. The normalized spacial score (nSPS) is 11.7. The Morgan fingerprint density at radius 3 is 2.88 bits per heavy atom. The zero-order chi connectivity index (χ0) is 19.3. The minimum absolute atomic E-state index is 0.0105. The fourth-order valence-electron chi connectivity index (χ4n) is 2.25. The standard InChI is InChI=1S/C18H22N4O4/c1-6-7-8-19-12(4)20-14(23)10-22-18(24)13-9-15(25-5)26-17(13)16(21-22)11(2)3/h6-9,11H,4,10H2,1-3,5H3,(H,20,23)/b7-6-,19-8-. The summed E-state index contributed by atoms with van der Waals surface area (Å²) in [5.74, 6) is -0.0682. The summed E-state index contributed by atoms with van der Waals surface area (Å²) < 4.78 is 11.7. The Hall–Kier alpha value is -3.16. The number of rotatable bonds is 7. The van der Waals surface area contributed by atoms with Crippen molar-refractivity contribution in [3.05, 3.63) is 46.7 Å². The van der Waals surface area contributed by atoms with E-state index in [4.69, 9.17) is 9.15 Å². The molecule has 2 aromatic rings. The predicted octanol–water partition coefficient (Wildman–Crippen LogP) is 2.36. The second-order valence-corrected chi connectivity index (χ2v) is 5.81. The first-order valence-electron chi connectivity index (χ1n) is 8.10. The van der Waals surface area contributed by atoms with Crippen LogP contribution in [0.4, 0.5) is 0 Å². The number of carbonyl (C=O) groups excluding carboxylic acids is 1. The van der Waals surface area contributed by atoms with Crippen LogP contribution in [-0.2, 0) is 11.3 Å². The monoisotopic (exact) mass is 358 g/mol. The highest BCUT2D eigenvalue weighted by Gasteiger charge is 2.19. The van der Waals surface area contributed by atoms with E-state index in [1.807, 2.05) is 20.8 Å². The van der Waals surface area contributed by atoms with Crippen LogP contribution in [0, 0.1) is 0 Å². The molecule has 8 nitrogen and oxygen atoms in total. The minimum Gasteiger partial charge on any atom is -0.468 e. The molecule has 0 aliphatic rings. The molecule has 0 unspecified atom stereocenters. The van der Waals surface area contributed by atoms with Gasteiger partial charge in [-0.1, -0.05) is 26.5 Å². The van der Waals surface area contributed by atoms with E-state index in [0.717, 1.165) is 4.68 Å². The van der Waals surface area contributed by atoms with Crippen molar-refractivity contribution in [1.82, 2.24) is 15.1 Å². The Labute approximate surface area is 150 Å². The molecule has 26 heavy (non-hydrogen) atoms. The molecule has 0 aliphatic carbocycles. The van der Waals surface area contributed by atoms with Gasteiger partial charge in [-0.3, -0.25) is 9.59 Å². The van der Waals surface area contributed by atoms with Crippen LogP contribution in [0.15, 0.2) is 44.8 Å². The molecular formula is C18H22N4O4. The number of allylic oxidation sites excluding steroid dienone is 2. The van der Waals surface area contributed by atoms with Crippen molar-refractivity contribution in [1.29, 1.82) is 0 Å². The number of methoxy groups -OCH3 is 1. The van der Waals surface area contributed by atoms with Crippen molar-refractivity contribution in [2.24, 2.45) is 4.99 Å². The van der Waals surface area contributed by atoms with Gasteiger partial charge in [0.05, 0.1) is 12.5 Å². The number of fused-ring (bicyclic) bond motifs is 1. The molecule has 0 saturated heterocycles. The van der Waals surface area contributed by atoms with Gasteiger partial charge < -0.3 is 14.5 Å². The summed E-state index contributed by atoms with van der Waals surface area (Å²) in [7, 11) is 1.45. The van der Waals surface area contributed by atoms with E-state index in [0.29, 0.717) is 16.7 Å². The average molecular weight is 358 g/mol. The highest BCUT2D eigenvalue weighted by molar-refractivity contribution is 5.81. The third kappa shape index (κ3) is 4.27. The van der Waals surface area contributed by atoms with E-state index >= 15 is 0 Å². The molecular weight excluding hydrogens is 336 g/mol.